The molecule has 1 aliphatic heterocycles. The molecule has 4 aromatic rings. The highest BCUT2D eigenvalue weighted by Gasteiger charge is 2.35. The number of nitrogens with one attached hydrogen (secondary N) is 1. The second-order valence-electron chi connectivity index (χ2n) is 8.00. The van der Waals surface area contributed by atoms with Crippen LogP contribution in [0.3, 0.4) is 0 Å². The van der Waals surface area contributed by atoms with Gasteiger partial charge in [0, 0.05) is 16.1 Å². The highest BCUT2D eigenvalue weighted by molar-refractivity contribution is 7.97. The maximum absolute atomic E-state index is 11.2. The molecule has 0 radical (unpaired) electrons. The summed E-state index contributed by atoms with van der Waals surface area (Å²) in [7, 11) is 0. The molecule has 1 aromatic heterocycles. The van der Waals surface area contributed by atoms with Gasteiger partial charge in [-0.3, -0.25) is 4.79 Å². The molecule has 166 valence electrons. The van der Waals surface area contributed by atoms with Crippen LogP contribution in [0, 0.1) is 6.92 Å². The number of hydrogen-bond acceptors (Lipinski definition) is 6. The van der Waals surface area contributed by atoms with E-state index in [9.17, 15) is 4.79 Å². The minimum absolute atomic E-state index is 0.0506. The van der Waals surface area contributed by atoms with Crippen molar-refractivity contribution in [3.8, 4) is 0 Å². The van der Waals surface area contributed by atoms with Gasteiger partial charge in [-0.15, -0.1) is 11.3 Å². The zero-order valence-corrected chi connectivity index (χ0v) is 19.7. The van der Waals surface area contributed by atoms with Crippen molar-refractivity contribution in [1.29, 1.82) is 0 Å². The van der Waals surface area contributed by atoms with Crippen LogP contribution in [-0.2, 0) is 11.3 Å². The third-order valence-corrected chi connectivity index (χ3v) is 7.79. The summed E-state index contributed by atoms with van der Waals surface area (Å²) in [5.74, 6) is -0.897. The lowest BCUT2D eigenvalue weighted by Crippen LogP contribution is -2.19. The van der Waals surface area contributed by atoms with E-state index in [4.69, 9.17) is 10.1 Å². The van der Waals surface area contributed by atoms with Crippen molar-refractivity contribution in [1.82, 2.24) is 9.29 Å². The number of hydrogen-bond donors (Lipinski definition) is 2. The zero-order chi connectivity index (χ0) is 22.9. The molecule has 0 saturated heterocycles. The third-order valence-electron chi connectivity index (χ3n) is 5.63. The minimum atomic E-state index is -0.897. The summed E-state index contributed by atoms with van der Waals surface area (Å²) >= 11 is 3.44. The predicted octanol–water partition coefficient (Wildman–Crippen LogP) is 6.38. The number of carboxylic acids is 1. The maximum atomic E-state index is 11.2. The SMILES string of the molecule is C=C(c1cc(C)ccc1NCC(=O)O)C1c2ccccc2SN1Cc1nc2ccccc2s1. The van der Waals surface area contributed by atoms with E-state index in [1.165, 1.54) is 15.2 Å². The first-order valence-corrected chi connectivity index (χ1v) is 12.2. The van der Waals surface area contributed by atoms with E-state index in [0.29, 0.717) is 6.54 Å². The highest BCUT2D eigenvalue weighted by Crippen LogP contribution is 2.51. The second-order valence-corrected chi connectivity index (χ2v) is 10.2. The normalized spacial score (nSPS) is 15.5. The average molecular weight is 474 g/mol. The molecule has 33 heavy (non-hydrogen) atoms. The van der Waals surface area contributed by atoms with E-state index < -0.39 is 5.97 Å². The molecule has 0 saturated carbocycles. The van der Waals surface area contributed by atoms with Gasteiger partial charge in [0.05, 0.1) is 22.8 Å². The quantitative estimate of drug-likeness (QED) is 0.304. The van der Waals surface area contributed by atoms with Crippen molar-refractivity contribution >= 4 is 50.7 Å². The first kappa shape index (κ1) is 21.7. The fourth-order valence-corrected chi connectivity index (χ4v) is 6.38. The molecule has 5 nitrogen and oxygen atoms in total. The van der Waals surface area contributed by atoms with E-state index in [1.807, 2.05) is 37.3 Å². The Morgan fingerprint density at radius 1 is 1.15 bits per heavy atom. The van der Waals surface area contributed by atoms with Crippen molar-refractivity contribution in [2.75, 3.05) is 11.9 Å². The number of fused-ring (bicyclic) bond motifs is 2. The number of anilines is 1. The van der Waals surface area contributed by atoms with Crippen molar-refractivity contribution < 1.29 is 9.90 Å². The Morgan fingerprint density at radius 3 is 2.76 bits per heavy atom. The van der Waals surface area contributed by atoms with Crippen LogP contribution in [0.15, 0.2) is 78.2 Å². The lowest BCUT2D eigenvalue weighted by molar-refractivity contribution is -0.134. The van der Waals surface area contributed by atoms with Crippen LogP contribution in [0.4, 0.5) is 5.69 Å². The van der Waals surface area contributed by atoms with Gasteiger partial charge in [0.2, 0.25) is 0 Å². The van der Waals surface area contributed by atoms with Crippen molar-refractivity contribution in [2.45, 2.75) is 24.4 Å². The summed E-state index contributed by atoms with van der Waals surface area (Å²) < 4.78 is 3.51. The van der Waals surface area contributed by atoms with Crippen LogP contribution in [0.5, 0.6) is 0 Å². The number of nitrogens with zero attached hydrogens (tertiary/aromatic N) is 2. The Balaban J connectivity index is 1.51. The first-order chi connectivity index (χ1) is 16.0. The number of carbonyl (C=O) groups is 1. The molecular weight excluding hydrogens is 450 g/mol. The van der Waals surface area contributed by atoms with E-state index in [-0.39, 0.29) is 12.6 Å². The molecule has 2 N–H and O–H groups in total. The number of thiazole rings is 1. The van der Waals surface area contributed by atoms with Crippen LogP contribution >= 0.6 is 23.3 Å². The van der Waals surface area contributed by atoms with Gasteiger partial charge in [-0.25, -0.2) is 9.29 Å². The monoisotopic (exact) mass is 473 g/mol. The van der Waals surface area contributed by atoms with Gasteiger partial charge >= 0.3 is 5.97 Å². The summed E-state index contributed by atoms with van der Waals surface area (Å²) in [6.07, 6.45) is 0. The third kappa shape index (κ3) is 4.39. The molecule has 0 aliphatic carbocycles. The van der Waals surface area contributed by atoms with Gasteiger partial charge < -0.3 is 10.4 Å². The van der Waals surface area contributed by atoms with Crippen molar-refractivity contribution in [3.05, 3.63) is 95.0 Å². The Kier molecular flexibility index (Phi) is 5.93. The number of aliphatic carboxylic acids is 1. The summed E-state index contributed by atoms with van der Waals surface area (Å²) in [6, 6.07) is 22.5. The maximum Gasteiger partial charge on any atom is 0.322 e. The number of aryl methyl sites for hydroxylation is 1. The Morgan fingerprint density at radius 2 is 1.94 bits per heavy atom. The summed E-state index contributed by atoms with van der Waals surface area (Å²) in [5, 5.41) is 13.3. The fourth-order valence-electron chi connectivity index (χ4n) is 4.13. The zero-order valence-electron chi connectivity index (χ0n) is 18.1. The molecule has 0 fully saturated rings. The minimum Gasteiger partial charge on any atom is -0.480 e. The summed E-state index contributed by atoms with van der Waals surface area (Å²) in [5.41, 5.74) is 5.98. The standard InChI is InChI=1S/C26H23N3O2S2/c1-16-11-12-20(27-14-25(30)31)19(13-16)17(2)26-18-7-3-5-9-22(18)33-29(26)15-24-28-21-8-4-6-10-23(21)32-24/h3-13,26-27H,2,14-15H2,1H3,(H,30,31). The van der Waals surface area contributed by atoms with Gasteiger partial charge in [0.15, 0.2) is 0 Å². The van der Waals surface area contributed by atoms with Crippen LogP contribution in [-0.4, -0.2) is 26.9 Å². The number of carboxylic acid groups (broad SMARTS) is 1. The average Bonchev–Trinajstić information content (AvgIpc) is 3.38. The molecule has 0 bridgehead atoms. The molecule has 1 unspecified atom stereocenters. The molecule has 3 aromatic carbocycles. The lowest BCUT2D eigenvalue weighted by Gasteiger charge is -2.26. The molecule has 1 aliphatic rings. The van der Waals surface area contributed by atoms with Crippen LogP contribution < -0.4 is 5.32 Å². The molecular formula is C26H23N3O2S2. The molecule has 1 atom stereocenters. The molecule has 5 rings (SSSR count). The Bertz CT molecular complexity index is 1330. The van der Waals surface area contributed by atoms with E-state index in [1.54, 1.807) is 23.3 Å². The largest absolute Gasteiger partial charge is 0.480 e. The van der Waals surface area contributed by atoms with Gasteiger partial charge in [0.1, 0.15) is 11.6 Å². The van der Waals surface area contributed by atoms with Crippen LogP contribution in [0.1, 0.15) is 27.7 Å². The topological polar surface area (TPSA) is 65.5 Å². The van der Waals surface area contributed by atoms with Gasteiger partial charge in [-0.05, 0) is 60.3 Å². The fraction of sp³-hybridized carbons (Fsp3) is 0.154. The van der Waals surface area contributed by atoms with Gasteiger partial charge in [-0.2, -0.15) is 0 Å². The molecule has 2 heterocycles. The highest BCUT2D eigenvalue weighted by atomic mass is 32.2. The Hall–Kier alpha value is -3.13. The predicted molar refractivity (Wildman–Crippen MR) is 137 cm³/mol. The van der Waals surface area contributed by atoms with Gasteiger partial charge in [-0.1, -0.05) is 48.5 Å². The first-order valence-electron chi connectivity index (χ1n) is 10.6. The summed E-state index contributed by atoms with van der Waals surface area (Å²) in [6.45, 7) is 7.09. The summed E-state index contributed by atoms with van der Waals surface area (Å²) in [4.78, 5) is 17.2. The molecule has 0 amide bonds. The smallest absolute Gasteiger partial charge is 0.322 e. The second kappa shape index (κ2) is 9.02. The number of aromatic nitrogens is 1. The van der Waals surface area contributed by atoms with Crippen molar-refractivity contribution in [3.63, 3.8) is 0 Å². The number of rotatable bonds is 7. The number of benzene rings is 3. The number of para-hydroxylation sites is 1. The van der Waals surface area contributed by atoms with Gasteiger partial charge in [0.25, 0.3) is 0 Å². The van der Waals surface area contributed by atoms with E-state index in [2.05, 4.69) is 52.6 Å². The van der Waals surface area contributed by atoms with Crippen LogP contribution in [0.25, 0.3) is 15.8 Å². The van der Waals surface area contributed by atoms with Crippen LogP contribution in [0.2, 0.25) is 0 Å². The molecule has 7 heteroatoms. The Labute approximate surface area is 200 Å². The van der Waals surface area contributed by atoms with E-state index in [0.717, 1.165) is 32.9 Å². The lowest BCUT2D eigenvalue weighted by atomic mass is 9.92. The van der Waals surface area contributed by atoms with Crippen molar-refractivity contribution in [2.24, 2.45) is 0 Å². The van der Waals surface area contributed by atoms with E-state index >= 15 is 0 Å². The molecule has 0 spiro atoms.